The van der Waals surface area contributed by atoms with Crippen LogP contribution in [0.5, 0.6) is 5.75 Å². The highest BCUT2D eigenvalue weighted by atomic mass is 127. The second-order valence-electron chi connectivity index (χ2n) is 9.96. The van der Waals surface area contributed by atoms with Crippen LogP contribution in [0.15, 0.2) is 58.3 Å². The van der Waals surface area contributed by atoms with Gasteiger partial charge >= 0.3 is 19.4 Å². The predicted octanol–water partition coefficient (Wildman–Crippen LogP) is 3.68. The smallest absolute Gasteiger partial charge is 0.459 e. The molecule has 0 radical (unpaired) electrons. The maximum atomic E-state index is 14.1. The molecule has 3 N–H and O–H groups in total. The molecule has 4 rings (SSSR count). The number of nitrogens with zero attached hydrogens (tertiary/aromatic N) is 1. The zero-order valence-corrected chi connectivity index (χ0v) is 26.4. The fourth-order valence-corrected chi connectivity index (χ4v) is 6.53. The van der Waals surface area contributed by atoms with E-state index in [9.17, 15) is 24.1 Å². The highest BCUT2D eigenvalue weighted by Crippen LogP contribution is 2.49. The van der Waals surface area contributed by atoms with Gasteiger partial charge in [0.2, 0.25) is 0 Å². The van der Waals surface area contributed by atoms with E-state index in [2.05, 4.69) is 10.1 Å². The third-order valence-corrected chi connectivity index (χ3v) is 9.14. The number of benzene rings is 2. The number of hydrogen-bond acceptors (Lipinski definition) is 9. The molecule has 1 aliphatic heterocycles. The normalized spacial score (nSPS) is 24.7. The maximum absolute atomic E-state index is 14.1. The van der Waals surface area contributed by atoms with Crippen molar-refractivity contribution in [1.82, 2.24) is 14.6 Å². The van der Waals surface area contributed by atoms with Gasteiger partial charge < -0.3 is 19.1 Å². The molecule has 2 aromatic carbocycles. The number of ether oxygens (including phenoxy) is 2. The van der Waals surface area contributed by atoms with Gasteiger partial charge in [-0.15, -0.1) is 11.6 Å². The van der Waals surface area contributed by atoms with Crippen LogP contribution in [0.2, 0.25) is 0 Å². The van der Waals surface area contributed by atoms with Crippen molar-refractivity contribution in [3.05, 3.63) is 73.1 Å². The number of H-pyrrole nitrogens is 1. The van der Waals surface area contributed by atoms with Gasteiger partial charge in [-0.25, -0.2) is 9.36 Å². The molecule has 1 aliphatic rings. The molecule has 0 amide bonds. The zero-order valence-electron chi connectivity index (χ0n) is 22.6. The molecule has 12 nitrogen and oxygen atoms in total. The SMILES string of the molecule is CC(C)OC(=O)[C@@H](C)NP(=O)(OC[C@H]1OC(n2cc(I)c(=O)[nH]c2=O)[C@](C)(Cl)[C@@H]1O)Oc1cccc2ccccc12. The standard InChI is InChI=1S/C26H30ClIN3O9P/c1-14(2)38-23(34)15(3)30-41(36,40-19-11-7-9-16-8-5-6-10-17(16)19)37-13-20-21(32)26(4,27)24(39-20)31-12-18(28)22(33)29-25(31)35/h5-12,14-15,20-21,24,32H,13H2,1-4H3,(H,30,36)(H,29,33,35)/t15-,20-,21-,24?,26-,41?/m1/s1. The minimum absolute atomic E-state index is 0.201. The van der Waals surface area contributed by atoms with Gasteiger partial charge in [-0.1, -0.05) is 36.4 Å². The van der Waals surface area contributed by atoms with Gasteiger partial charge in [0, 0.05) is 11.6 Å². The van der Waals surface area contributed by atoms with Crippen molar-refractivity contribution in [2.75, 3.05) is 6.61 Å². The van der Waals surface area contributed by atoms with Crippen molar-refractivity contribution in [2.24, 2.45) is 0 Å². The Morgan fingerprint density at radius 3 is 2.63 bits per heavy atom. The number of alkyl halides is 1. The van der Waals surface area contributed by atoms with E-state index in [4.69, 9.17) is 30.1 Å². The lowest BCUT2D eigenvalue weighted by atomic mass is 10.0. The summed E-state index contributed by atoms with van der Waals surface area (Å²) in [6.45, 7) is 5.77. The van der Waals surface area contributed by atoms with E-state index in [1.807, 2.05) is 18.2 Å². The molecule has 2 heterocycles. The second-order valence-corrected chi connectivity index (χ2v) is 13.6. The van der Waals surface area contributed by atoms with E-state index in [1.54, 1.807) is 60.7 Å². The Hall–Kier alpha value is -2.26. The molecule has 3 aromatic rings. The predicted molar refractivity (Wildman–Crippen MR) is 160 cm³/mol. The van der Waals surface area contributed by atoms with Crippen LogP contribution in [0.4, 0.5) is 0 Å². The van der Waals surface area contributed by atoms with Crippen molar-refractivity contribution in [2.45, 2.75) is 63.2 Å². The highest BCUT2D eigenvalue weighted by molar-refractivity contribution is 14.1. The van der Waals surface area contributed by atoms with Gasteiger partial charge in [0.25, 0.3) is 5.56 Å². The van der Waals surface area contributed by atoms with Gasteiger partial charge in [0.15, 0.2) is 6.23 Å². The Labute approximate surface area is 254 Å². The quantitative estimate of drug-likeness (QED) is 0.122. The topological polar surface area (TPSA) is 158 Å². The van der Waals surface area contributed by atoms with Crippen molar-refractivity contribution >= 4 is 58.7 Å². The van der Waals surface area contributed by atoms with E-state index < -0.39 is 67.0 Å². The summed E-state index contributed by atoms with van der Waals surface area (Å²) in [6.07, 6.45) is -2.94. The van der Waals surface area contributed by atoms with Crippen molar-refractivity contribution in [3.63, 3.8) is 0 Å². The largest absolute Gasteiger partial charge is 0.462 e. The maximum Gasteiger partial charge on any atom is 0.459 e. The summed E-state index contributed by atoms with van der Waals surface area (Å²) in [7, 11) is -4.34. The summed E-state index contributed by atoms with van der Waals surface area (Å²) < 4.78 is 38.1. The van der Waals surface area contributed by atoms with Crippen LogP contribution in [-0.2, 0) is 23.4 Å². The molecule has 1 saturated heterocycles. The fourth-order valence-electron chi connectivity index (χ4n) is 4.28. The van der Waals surface area contributed by atoms with Gasteiger partial charge in [0.05, 0.1) is 16.3 Å². The van der Waals surface area contributed by atoms with Crippen molar-refractivity contribution in [1.29, 1.82) is 0 Å². The van der Waals surface area contributed by atoms with Crippen LogP contribution >= 0.6 is 41.9 Å². The summed E-state index contributed by atoms with van der Waals surface area (Å²) in [5.41, 5.74) is -1.37. The summed E-state index contributed by atoms with van der Waals surface area (Å²) in [4.78, 5) is 37.5. The third kappa shape index (κ3) is 7.04. The molecular weight excluding hydrogens is 692 g/mol. The van der Waals surface area contributed by atoms with Crippen LogP contribution in [-0.4, -0.2) is 56.5 Å². The molecule has 0 aliphatic carbocycles. The molecule has 1 fully saturated rings. The Morgan fingerprint density at radius 1 is 1.24 bits per heavy atom. The van der Waals surface area contributed by atoms with Gasteiger partial charge in [0.1, 0.15) is 28.9 Å². The minimum Gasteiger partial charge on any atom is -0.462 e. The molecule has 41 heavy (non-hydrogen) atoms. The monoisotopic (exact) mass is 721 g/mol. The van der Waals surface area contributed by atoms with Gasteiger partial charge in [-0.05, 0) is 61.7 Å². The van der Waals surface area contributed by atoms with E-state index in [1.165, 1.54) is 20.0 Å². The number of aliphatic hydroxyl groups is 1. The van der Waals surface area contributed by atoms with Crippen LogP contribution in [0.3, 0.4) is 0 Å². The van der Waals surface area contributed by atoms with E-state index in [0.717, 1.165) is 9.95 Å². The average molecular weight is 722 g/mol. The molecule has 15 heteroatoms. The summed E-state index contributed by atoms with van der Waals surface area (Å²) >= 11 is 8.39. The number of aliphatic hydroxyl groups excluding tert-OH is 1. The Balaban J connectivity index is 1.61. The van der Waals surface area contributed by atoms with Gasteiger partial charge in [-0.2, -0.15) is 5.09 Å². The Bertz CT molecular complexity index is 1590. The number of rotatable bonds is 10. The van der Waals surface area contributed by atoms with E-state index in [0.29, 0.717) is 5.39 Å². The van der Waals surface area contributed by atoms with E-state index >= 15 is 0 Å². The van der Waals surface area contributed by atoms with Crippen molar-refractivity contribution in [3.8, 4) is 5.75 Å². The second kappa shape index (κ2) is 12.5. The van der Waals surface area contributed by atoms with Gasteiger partial charge in [-0.3, -0.25) is 23.7 Å². The number of aromatic amines is 1. The Morgan fingerprint density at radius 2 is 1.93 bits per heavy atom. The number of halogens is 2. The first-order valence-electron chi connectivity index (χ1n) is 12.7. The van der Waals surface area contributed by atoms with Crippen molar-refractivity contribution < 1.29 is 33.0 Å². The van der Waals surface area contributed by atoms with E-state index in [-0.39, 0.29) is 9.32 Å². The Kier molecular flexibility index (Phi) is 9.69. The zero-order chi connectivity index (χ0) is 30.1. The lowest BCUT2D eigenvalue weighted by molar-refractivity contribution is -0.149. The molecule has 222 valence electrons. The van der Waals surface area contributed by atoms with Crippen LogP contribution in [0.1, 0.15) is 33.9 Å². The number of esters is 1. The summed E-state index contributed by atoms with van der Waals surface area (Å²) in [5, 5.41) is 15.1. The highest BCUT2D eigenvalue weighted by Gasteiger charge is 2.54. The number of hydrogen-bond donors (Lipinski definition) is 3. The minimum atomic E-state index is -4.34. The fraction of sp³-hybridized carbons (Fsp3) is 0.423. The third-order valence-electron chi connectivity index (χ3n) is 6.33. The molecule has 6 atom stereocenters. The lowest BCUT2D eigenvalue weighted by Gasteiger charge is -2.27. The van der Waals surface area contributed by atoms with Crippen LogP contribution in [0.25, 0.3) is 10.8 Å². The summed E-state index contributed by atoms with van der Waals surface area (Å²) in [6, 6.07) is 11.4. The molecule has 0 saturated carbocycles. The first-order chi connectivity index (χ1) is 19.2. The molecule has 1 aromatic heterocycles. The molecule has 0 spiro atoms. The first kappa shape index (κ1) is 31.7. The lowest BCUT2D eigenvalue weighted by Crippen LogP contribution is -2.43. The number of carbonyl (C=O) groups is 1. The summed E-state index contributed by atoms with van der Waals surface area (Å²) in [5.74, 6) is -0.450. The van der Waals surface area contributed by atoms with Crippen LogP contribution in [0, 0.1) is 3.57 Å². The first-order valence-corrected chi connectivity index (χ1v) is 15.7. The number of fused-ring (bicyclic) bond motifs is 1. The number of carbonyl (C=O) groups excluding carboxylic acids is 1. The van der Waals surface area contributed by atoms with Crippen LogP contribution < -0.4 is 20.9 Å². The molecular formula is C26H30ClIN3O9P. The average Bonchev–Trinajstić information content (AvgIpc) is 3.13. The molecule has 0 bridgehead atoms. The number of nitrogens with one attached hydrogen (secondary N) is 2. The number of aromatic nitrogens is 2. The molecule has 2 unspecified atom stereocenters.